The Kier molecular flexibility index (Phi) is 3.33. The van der Waals surface area contributed by atoms with Gasteiger partial charge in [0.25, 0.3) is 10.0 Å². The van der Waals surface area contributed by atoms with Crippen LogP contribution in [0.25, 0.3) is 11.0 Å². The molecule has 0 spiro atoms. The second-order valence-electron chi connectivity index (χ2n) is 6.18. The van der Waals surface area contributed by atoms with E-state index in [4.69, 9.17) is 0 Å². The van der Waals surface area contributed by atoms with Gasteiger partial charge in [-0.2, -0.15) is 0 Å². The minimum absolute atomic E-state index is 0.247. The number of aromatic nitrogens is 2. The van der Waals surface area contributed by atoms with Crippen molar-refractivity contribution >= 4 is 21.1 Å². The van der Waals surface area contributed by atoms with Crippen molar-refractivity contribution < 1.29 is 8.42 Å². The van der Waals surface area contributed by atoms with Crippen molar-refractivity contribution in [1.82, 2.24) is 8.96 Å². The Labute approximate surface area is 130 Å². The van der Waals surface area contributed by atoms with Gasteiger partial charge in [0.2, 0.25) is 0 Å². The number of rotatable bonds is 2. The highest BCUT2D eigenvalue weighted by molar-refractivity contribution is 7.90. The predicted molar refractivity (Wildman–Crippen MR) is 86.3 cm³/mol. The Hall–Kier alpha value is -2.14. The molecule has 4 nitrogen and oxygen atoms in total. The molecule has 1 aromatic carbocycles. The van der Waals surface area contributed by atoms with E-state index in [0.29, 0.717) is 16.7 Å². The SMILES string of the molecule is CC(C)(C)c1[c]c2cccnc2n1S(=O)(=O)c1ccccc1. The van der Waals surface area contributed by atoms with Crippen molar-refractivity contribution in [1.29, 1.82) is 0 Å². The molecule has 0 amide bonds. The lowest BCUT2D eigenvalue weighted by molar-refractivity contribution is 0.545. The smallest absolute Gasteiger partial charge is 0.237 e. The van der Waals surface area contributed by atoms with Crippen LogP contribution in [0.2, 0.25) is 0 Å². The number of hydrogen-bond acceptors (Lipinski definition) is 3. The molecule has 0 saturated heterocycles. The van der Waals surface area contributed by atoms with E-state index in [2.05, 4.69) is 11.1 Å². The zero-order valence-electron chi connectivity index (χ0n) is 12.7. The van der Waals surface area contributed by atoms with Gasteiger partial charge in [-0.05, 0) is 24.3 Å². The number of pyridine rings is 1. The van der Waals surface area contributed by atoms with Crippen LogP contribution in [0.1, 0.15) is 26.5 Å². The van der Waals surface area contributed by atoms with Crippen LogP contribution in [0.4, 0.5) is 0 Å². The summed E-state index contributed by atoms with van der Waals surface area (Å²) in [6.07, 6.45) is 1.60. The minimum Gasteiger partial charge on any atom is -0.237 e. The third-order valence-corrected chi connectivity index (χ3v) is 5.13. The van der Waals surface area contributed by atoms with E-state index in [1.165, 1.54) is 3.97 Å². The van der Waals surface area contributed by atoms with Crippen LogP contribution in [0.5, 0.6) is 0 Å². The fourth-order valence-electron chi connectivity index (χ4n) is 2.36. The normalized spacial score (nSPS) is 12.7. The van der Waals surface area contributed by atoms with Gasteiger partial charge in [0.15, 0.2) is 5.65 Å². The zero-order chi connectivity index (χ0) is 16.0. The molecule has 0 aliphatic carbocycles. The quantitative estimate of drug-likeness (QED) is 0.729. The van der Waals surface area contributed by atoms with E-state index in [1.54, 1.807) is 42.6 Å². The second kappa shape index (κ2) is 4.95. The molecule has 0 bridgehead atoms. The first-order valence-corrected chi connectivity index (χ1v) is 8.46. The monoisotopic (exact) mass is 313 g/mol. The molecule has 0 atom stereocenters. The van der Waals surface area contributed by atoms with Crippen molar-refractivity contribution in [3.8, 4) is 0 Å². The average molecular weight is 313 g/mol. The lowest BCUT2D eigenvalue weighted by Crippen LogP contribution is -2.23. The molecule has 0 fully saturated rings. The Morgan fingerprint density at radius 3 is 2.36 bits per heavy atom. The maximum atomic E-state index is 13.1. The van der Waals surface area contributed by atoms with Crippen molar-refractivity contribution in [2.24, 2.45) is 0 Å². The molecule has 22 heavy (non-hydrogen) atoms. The summed E-state index contributed by atoms with van der Waals surface area (Å²) < 4.78 is 27.5. The van der Waals surface area contributed by atoms with Crippen LogP contribution < -0.4 is 0 Å². The van der Waals surface area contributed by atoms with Crippen molar-refractivity contribution in [3.63, 3.8) is 0 Å². The average Bonchev–Trinajstić information content (AvgIpc) is 2.88. The van der Waals surface area contributed by atoms with E-state index in [0.717, 1.165) is 0 Å². The highest BCUT2D eigenvalue weighted by atomic mass is 32.2. The van der Waals surface area contributed by atoms with Gasteiger partial charge in [0.05, 0.1) is 10.6 Å². The van der Waals surface area contributed by atoms with E-state index in [-0.39, 0.29) is 10.3 Å². The topological polar surface area (TPSA) is 52.0 Å². The molecule has 5 heteroatoms. The summed E-state index contributed by atoms with van der Waals surface area (Å²) in [5.74, 6) is 0. The first kappa shape index (κ1) is 14.8. The van der Waals surface area contributed by atoms with Gasteiger partial charge in [0, 0.05) is 23.1 Å². The first-order chi connectivity index (χ1) is 10.3. The number of fused-ring (bicyclic) bond motifs is 1. The lowest BCUT2D eigenvalue weighted by Gasteiger charge is -2.21. The van der Waals surface area contributed by atoms with Crippen molar-refractivity contribution in [2.45, 2.75) is 31.1 Å². The number of benzene rings is 1. The Balaban J connectivity index is 2.39. The van der Waals surface area contributed by atoms with Gasteiger partial charge in [0.1, 0.15) is 0 Å². The maximum absolute atomic E-state index is 13.1. The maximum Gasteiger partial charge on any atom is 0.269 e. The van der Waals surface area contributed by atoms with Crippen LogP contribution in [0, 0.1) is 6.07 Å². The first-order valence-electron chi connectivity index (χ1n) is 7.02. The van der Waals surface area contributed by atoms with Gasteiger partial charge in [-0.3, -0.25) is 0 Å². The Morgan fingerprint density at radius 2 is 1.73 bits per heavy atom. The van der Waals surface area contributed by atoms with Gasteiger partial charge in [-0.1, -0.05) is 39.0 Å². The third-order valence-electron chi connectivity index (χ3n) is 3.43. The van der Waals surface area contributed by atoms with Gasteiger partial charge < -0.3 is 0 Å². The molecule has 3 aromatic rings. The molecule has 2 aromatic heterocycles. The van der Waals surface area contributed by atoms with Gasteiger partial charge in [-0.15, -0.1) is 0 Å². The lowest BCUT2D eigenvalue weighted by atomic mass is 9.92. The molecule has 2 heterocycles. The van der Waals surface area contributed by atoms with E-state index in [1.807, 2.05) is 26.8 Å². The molecule has 0 saturated carbocycles. The highest BCUT2D eigenvalue weighted by Gasteiger charge is 2.29. The second-order valence-corrected chi connectivity index (χ2v) is 7.97. The van der Waals surface area contributed by atoms with Crippen LogP contribution in [-0.2, 0) is 15.4 Å². The highest BCUT2D eigenvalue weighted by Crippen LogP contribution is 2.31. The molecular formula is C17H17N2O2S. The predicted octanol–water partition coefficient (Wildman–Crippen LogP) is 3.37. The zero-order valence-corrected chi connectivity index (χ0v) is 13.6. The van der Waals surface area contributed by atoms with Gasteiger partial charge >= 0.3 is 0 Å². The summed E-state index contributed by atoms with van der Waals surface area (Å²) in [7, 11) is -3.71. The van der Waals surface area contributed by atoms with Crippen LogP contribution in [-0.4, -0.2) is 17.4 Å². The molecule has 0 aliphatic heterocycles. The summed E-state index contributed by atoms with van der Waals surface area (Å²) >= 11 is 0. The summed E-state index contributed by atoms with van der Waals surface area (Å²) in [6.45, 7) is 5.90. The molecule has 0 unspecified atom stereocenters. The Morgan fingerprint density at radius 1 is 1.05 bits per heavy atom. The van der Waals surface area contributed by atoms with Crippen LogP contribution in [0.3, 0.4) is 0 Å². The molecular weight excluding hydrogens is 296 g/mol. The number of nitrogens with zero attached hydrogens (tertiary/aromatic N) is 2. The summed E-state index contributed by atoms with van der Waals surface area (Å²) in [5, 5.41) is 0.701. The van der Waals surface area contributed by atoms with E-state index >= 15 is 0 Å². The molecule has 113 valence electrons. The molecule has 3 rings (SSSR count). The largest absolute Gasteiger partial charge is 0.269 e. The van der Waals surface area contributed by atoms with Crippen LogP contribution in [0.15, 0.2) is 53.6 Å². The number of hydrogen-bond donors (Lipinski definition) is 0. The van der Waals surface area contributed by atoms with E-state index in [9.17, 15) is 8.42 Å². The summed E-state index contributed by atoms with van der Waals surface area (Å²) in [6, 6.07) is 15.2. The van der Waals surface area contributed by atoms with Crippen LogP contribution >= 0.6 is 0 Å². The Bertz CT molecular complexity index is 920. The van der Waals surface area contributed by atoms with Gasteiger partial charge in [-0.25, -0.2) is 17.4 Å². The standard InChI is InChI=1S/C17H17N2O2S/c1-17(2,3)15-12-13-8-7-11-18-16(13)19(15)22(20,21)14-9-5-4-6-10-14/h4-11H,1-3H3. The fraction of sp³-hybridized carbons (Fsp3) is 0.235. The molecule has 0 aliphatic rings. The summed E-state index contributed by atoms with van der Waals surface area (Å²) in [5.41, 5.74) is 0.643. The fourth-order valence-corrected chi connectivity index (χ4v) is 4.01. The molecule has 0 N–H and O–H groups in total. The molecule has 1 radical (unpaired) electrons. The third kappa shape index (κ3) is 2.31. The summed E-state index contributed by atoms with van der Waals surface area (Å²) in [4.78, 5) is 4.51. The van der Waals surface area contributed by atoms with Crippen molar-refractivity contribution in [2.75, 3.05) is 0 Å². The van der Waals surface area contributed by atoms with E-state index < -0.39 is 10.0 Å². The van der Waals surface area contributed by atoms with Crippen molar-refractivity contribution in [3.05, 3.63) is 60.4 Å². The minimum atomic E-state index is -3.71.